The summed E-state index contributed by atoms with van der Waals surface area (Å²) in [5, 5.41) is 9.14. The number of rotatable bonds is 4. The number of thiophene rings is 2. The van der Waals surface area contributed by atoms with Crippen molar-refractivity contribution in [2.45, 2.75) is 12.8 Å². The lowest BCUT2D eigenvalue weighted by Gasteiger charge is -2.13. The zero-order valence-electron chi connectivity index (χ0n) is 31.4. The van der Waals surface area contributed by atoms with Crippen LogP contribution in [0, 0.1) is 0 Å². The molecule has 0 amide bonds. The second-order valence-electron chi connectivity index (χ2n) is 15.5. The topological polar surface area (TPSA) is 9.86 Å². The Morgan fingerprint density at radius 2 is 0.983 bits per heavy atom. The summed E-state index contributed by atoms with van der Waals surface area (Å²) < 4.78 is 10.4. The van der Waals surface area contributed by atoms with Crippen LogP contribution in [-0.4, -0.2) is 9.13 Å². The highest BCUT2D eigenvalue weighted by molar-refractivity contribution is 7.27. The number of aromatic nitrogens is 2. The largest absolute Gasteiger partial charge is 0.313 e. The van der Waals surface area contributed by atoms with E-state index in [0.717, 1.165) is 12.8 Å². The Balaban J connectivity index is 1.12. The molecule has 4 aromatic heterocycles. The van der Waals surface area contributed by atoms with Crippen LogP contribution in [0.15, 0.2) is 176 Å². The number of allylic oxidation sites excluding steroid dienone is 1. The Morgan fingerprint density at radius 1 is 0.397 bits per heavy atom. The van der Waals surface area contributed by atoms with Crippen molar-refractivity contribution in [2.24, 2.45) is 0 Å². The normalized spacial score (nSPS) is 13.0. The smallest absolute Gasteiger partial charge is 0.0547 e. The van der Waals surface area contributed by atoms with Gasteiger partial charge in [0, 0.05) is 90.3 Å². The molecule has 1 aliphatic carbocycles. The van der Waals surface area contributed by atoms with Crippen LogP contribution >= 0.6 is 22.7 Å². The molecule has 0 saturated carbocycles. The van der Waals surface area contributed by atoms with Gasteiger partial charge in [-0.2, -0.15) is 0 Å². The van der Waals surface area contributed by atoms with Gasteiger partial charge in [-0.15, -0.1) is 22.7 Å². The monoisotopic (exact) mass is 774 g/mol. The minimum Gasteiger partial charge on any atom is -0.313 e. The Morgan fingerprint density at radius 3 is 1.78 bits per heavy atom. The fourth-order valence-corrected chi connectivity index (χ4v) is 12.4. The third-order valence-corrected chi connectivity index (χ3v) is 14.8. The van der Waals surface area contributed by atoms with Gasteiger partial charge in [0.05, 0.1) is 16.6 Å². The van der Waals surface area contributed by atoms with Crippen molar-refractivity contribution < 1.29 is 0 Å². The number of hydrogen-bond acceptors (Lipinski definition) is 2. The van der Waals surface area contributed by atoms with Gasteiger partial charge in [0.1, 0.15) is 0 Å². The van der Waals surface area contributed by atoms with Gasteiger partial charge in [-0.3, -0.25) is 0 Å². The molecule has 0 atom stereocenters. The Kier molecular flexibility index (Phi) is 6.91. The molecule has 0 unspecified atom stereocenters. The lowest BCUT2D eigenvalue weighted by atomic mass is 9.93. The van der Waals surface area contributed by atoms with Crippen molar-refractivity contribution in [3.8, 4) is 33.6 Å². The van der Waals surface area contributed by atoms with Gasteiger partial charge >= 0.3 is 0 Å². The number of nitrogens with zero attached hydrogens (tertiary/aromatic N) is 2. The molecule has 8 aromatic carbocycles. The molecule has 2 nitrogen and oxygen atoms in total. The van der Waals surface area contributed by atoms with Gasteiger partial charge in [0.2, 0.25) is 0 Å². The van der Waals surface area contributed by atoms with Crippen molar-refractivity contribution in [1.82, 2.24) is 9.13 Å². The summed E-state index contributed by atoms with van der Waals surface area (Å²) in [5.41, 5.74) is 14.0. The Labute approximate surface area is 342 Å². The summed E-state index contributed by atoms with van der Waals surface area (Å²) >= 11 is 3.82. The van der Waals surface area contributed by atoms with Crippen molar-refractivity contribution in [2.75, 3.05) is 0 Å². The summed E-state index contributed by atoms with van der Waals surface area (Å²) in [6.45, 7) is 0. The van der Waals surface area contributed by atoms with E-state index < -0.39 is 0 Å². The SMILES string of the molecule is C1=Cc2c(n(-c3ccccc3)c3cccc(-c4cccc5c4c4ccccc4n5-c4cc(-c5cccc6c5sc5ccccc56)c5sc6ccccc6c5c4)c23)CC1. The first kappa shape index (κ1) is 32.4. The van der Waals surface area contributed by atoms with Crippen LogP contribution in [-0.2, 0) is 6.42 Å². The van der Waals surface area contributed by atoms with E-state index >= 15 is 0 Å². The number of benzene rings is 8. The fourth-order valence-electron chi connectivity index (χ4n) is 9.99. The van der Waals surface area contributed by atoms with Crippen LogP contribution in [0.4, 0.5) is 0 Å². The maximum atomic E-state index is 2.53. The predicted molar refractivity (Wildman–Crippen MR) is 252 cm³/mol. The van der Waals surface area contributed by atoms with Crippen molar-refractivity contribution >= 4 is 102 Å². The molecule has 4 heteroatoms. The maximum Gasteiger partial charge on any atom is 0.0547 e. The molecular formula is C54H34N2S2. The van der Waals surface area contributed by atoms with Gasteiger partial charge in [-0.1, -0.05) is 127 Å². The molecule has 13 rings (SSSR count). The molecule has 0 aliphatic heterocycles. The highest BCUT2D eigenvalue weighted by Gasteiger charge is 2.25. The summed E-state index contributed by atoms with van der Waals surface area (Å²) in [4.78, 5) is 0. The van der Waals surface area contributed by atoms with Crippen LogP contribution in [0.25, 0.3) is 113 Å². The molecular weight excluding hydrogens is 741 g/mol. The van der Waals surface area contributed by atoms with Crippen molar-refractivity contribution in [1.29, 1.82) is 0 Å². The van der Waals surface area contributed by atoms with Crippen LogP contribution in [0.2, 0.25) is 0 Å². The van der Waals surface area contributed by atoms with E-state index in [1.165, 1.54) is 118 Å². The second-order valence-corrected chi connectivity index (χ2v) is 17.6. The van der Waals surface area contributed by atoms with Crippen LogP contribution in [0.1, 0.15) is 17.7 Å². The van der Waals surface area contributed by atoms with E-state index in [-0.39, 0.29) is 0 Å². The van der Waals surface area contributed by atoms with E-state index in [1.54, 1.807) is 0 Å². The van der Waals surface area contributed by atoms with Crippen LogP contribution in [0.3, 0.4) is 0 Å². The third-order valence-electron chi connectivity index (χ3n) is 12.4. The van der Waals surface area contributed by atoms with Gasteiger partial charge in [-0.05, 0) is 78.6 Å². The zero-order valence-corrected chi connectivity index (χ0v) is 33.1. The highest BCUT2D eigenvalue weighted by atomic mass is 32.1. The standard InChI is InChI=1S/C54H34N2S2/c1-2-15-33(16-3-1)55-45-25-8-4-19-41(45)51-37(21-13-27-47(51)55)38-22-14-28-48-52(38)42-20-5-9-26-46(42)56(48)34-31-43-36-18-7-11-30-50(36)58-54(43)44(32-34)40-24-12-23-39-35-17-6-10-29-49(35)57-53(39)40/h1-7,9-24,26-32H,8,25H2. The van der Waals surface area contributed by atoms with Crippen molar-refractivity contribution in [3.63, 3.8) is 0 Å². The Hall–Kier alpha value is -6.72. The number of hydrogen-bond donors (Lipinski definition) is 0. The molecule has 12 aromatic rings. The molecule has 58 heavy (non-hydrogen) atoms. The summed E-state index contributed by atoms with van der Waals surface area (Å²) in [5.74, 6) is 0. The first-order valence-electron chi connectivity index (χ1n) is 20.1. The van der Waals surface area contributed by atoms with E-state index in [0.29, 0.717) is 0 Å². The van der Waals surface area contributed by atoms with Crippen LogP contribution in [0.5, 0.6) is 0 Å². The van der Waals surface area contributed by atoms with E-state index in [1.807, 2.05) is 22.7 Å². The minimum absolute atomic E-state index is 1.02. The van der Waals surface area contributed by atoms with Gasteiger partial charge < -0.3 is 9.13 Å². The lowest BCUT2D eigenvalue weighted by Crippen LogP contribution is -2.02. The van der Waals surface area contributed by atoms with Gasteiger partial charge in [0.25, 0.3) is 0 Å². The van der Waals surface area contributed by atoms with E-state index in [2.05, 4.69) is 191 Å². The number of fused-ring (bicyclic) bond motifs is 12. The molecule has 0 saturated heterocycles. The minimum atomic E-state index is 1.02. The maximum absolute atomic E-state index is 2.53. The van der Waals surface area contributed by atoms with Gasteiger partial charge in [0.15, 0.2) is 0 Å². The van der Waals surface area contributed by atoms with E-state index in [9.17, 15) is 0 Å². The highest BCUT2D eigenvalue weighted by Crippen LogP contribution is 2.48. The molecule has 0 spiro atoms. The molecule has 4 heterocycles. The average Bonchev–Trinajstić information content (AvgIpc) is 4.04. The predicted octanol–water partition coefficient (Wildman–Crippen LogP) is 15.8. The first-order valence-corrected chi connectivity index (χ1v) is 21.7. The summed E-state index contributed by atoms with van der Waals surface area (Å²) in [7, 11) is 0. The van der Waals surface area contributed by atoms with Crippen LogP contribution < -0.4 is 0 Å². The first-order chi connectivity index (χ1) is 28.8. The fraction of sp³-hybridized carbons (Fsp3) is 0.0370. The summed E-state index contributed by atoms with van der Waals surface area (Å²) in [6, 6.07) is 63.3. The lowest BCUT2D eigenvalue weighted by molar-refractivity contribution is 0.888. The quantitative estimate of drug-likeness (QED) is 0.169. The third kappa shape index (κ3) is 4.53. The second kappa shape index (κ2) is 12.4. The van der Waals surface area contributed by atoms with E-state index in [4.69, 9.17) is 0 Å². The zero-order chi connectivity index (χ0) is 37.9. The molecule has 0 radical (unpaired) electrons. The average molecular weight is 775 g/mol. The molecule has 0 fully saturated rings. The van der Waals surface area contributed by atoms with Gasteiger partial charge in [-0.25, -0.2) is 0 Å². The van der Waals surface area contributed by atoms with Crippen molar-refractivity contribution in [3.05, 3.63) is 187 Å². The summed E-state index contributed by atoms with van der Waals surface area (Å²) in [6.07, 6.45) is 6.79. The molecule has 0 bridgehead atoms. The molecule has 272 valence electrons. The molecule has 1 aliphatic rings. The Bertz CT molecular complexity index is 3680. The number of para-hydroxylation sites is 2. The molecule has 0 N–H and O–H groups in total.